The molecule has 2 heterocycles. The Morgan fingerprint density at radius 3 is 1.24 bits per heavy atom. The van der Waals surface area contributed by atoms with E-state index in [-0.39, 0.29) is 0 Å². The van der Waals surface area contributed by atoms with Crippen LogP contribution >= 0.6 is 0 Å². The van der Waals surface area contributed by atoms with Crippen LogP contribution in [0, 0.1) is 0 Å². The average Bonchev–Trinajstić information content (AvgIpc) is 2.98. The summed E-state index contributed by atoms with van der Waals surface area (Å²) in [6.45, 7) is 10.2. The molecule has 0 radical (unpaired) electrons. The van der Waals surface area contributed by atoms with Gasteiger partial charge in [-0.3, -0.25) is 0 Å². The second kappa shape index (κ2) is 11.4. The van der Waals surface area contributed by atoms with E-state index in [1.165, 1.54) is 84.5 Å². The molecule has 0 atom stereocenters. The highest BCUT2D eigenvalue weighted by Crippen LogP contribution is 2.07. The van der Waals surface area contributed by atoms with Crippen molar-refractivity contribution in [1.82, 2.24) is 19.6 Å². The van der Waals surface area contributed by atoms with Gasteiger partial charge in [-0.2, -0.15) is 0 Å². The summed E-state index contributed by atoms with van der Waals surface area (Å²) in [4.78, 5) is 9.62. The van der Waals surface area contributed by atoms with Gasteiger partial charge in [-0.1, -0.05) is 6.42 Å². The maximum Gasteiger partial charge on any atom is 0.0109 e. The first kappa shape index (κ1) is 18.9. The molecule has 2 aliphatic heterocycles. The van der Waals surface area contributed by atoms with Crippen LogP contribution in [0.3, 0.4) is 0 Å². The Hall–Kier alpha value is -0.160. The van der Waals surface area contributed by atoms with Crippen LogP contribution in [0.4, 0.5) is 0 Å². The van der Waals surface area contributed by atoms with Crippen molar-refractivity contribution in [2.45, 2.75) is 32.1 Å². The van der Waals surface area contributed by atoms with Gasteiger partial charge in [0.15, 0.2) is 0 Å². The zero-order valence-corrected chi connectivity index (χ0v) is 15.0. The molecule has 0 aromatic carbocycles. The van der Waals surface area contributed by atoms with Crippen molar-refractivity contribution in [2.75, 3.05) is 80.5 Å². The minimum absolute atomic E-state index is 1.21. The summed E-state index contributed by atoms with van der Waals surface area (Å²) < 4.78 is 0. The van der Waals surface area contributed by atoms with Gasteiger partial charge in [0.25, 0.3) is 0 Å². The van der Waals surface area contributed by atoms with E-state index in [9.17, 15) is 0 Å². The van der Waals surface area contributed by atoms with E-state index in [0.717, 1.165) is 0 Å². The van der Waals surface area contributed by atoms with Crippen molar-refractivity contribution in [1.29, 1.82) is 0 Å². The van der Waals surface area contributed by atoms with Crippen molar-refractivity contribution in [3.63, 3.8) is 0 Å². The predicted octanol–water partition coefficient (Wildman–Crippen LogP) is 1.68. The topological polar surface area (TPSA) is 13.0 Å². The van der Waals surface area contributed by atoms with Crippen LogP contribution < -0.4 is 0 Å². The van der Waals surface area contributed by atoms with E-state index in [0.29, 0.717) is 0 Å². The summed E-state index contributed by atoms with van der Waals surface area (Å²) >= 11 is 0. The van der Waals surface area contributed by atoms with E-state index in [1.54, 1.807) is 0 Å². The zero-order chi connectivity index (χ0) is 15.5. The molecule has 4 heteroatoms. The van der Waals surface area contributed by atoms with Gasteiger partial charge in [0, 0.05) is 26.2 Å². The van der Waals surface area contributed by atoms with Crippen LogP contribution in [0.5, 0.6) is 0 Å². The zero-order valence-electron chi connectivity index (χ0n) is 15.0. The summed E-state index contributed by atoms with van der Waals surface area (Å²) in [6, 6.07) is 0. The number of hydrogen-bond acceptors (Lipinski definition) is 4. The van der Waals surface area contributed by atoms with Crippen LogP contribution in [0.15, 0.2) is 0 Å². The molecule has 0 aliphatic carbocycles. The smallest absolute Gasteiger partial charge is 0.0109 e. The molecule has 126 valence electrons. The van der Waals surface area contributed by atoms with Gasteiger partial charge in [-0.05, 0) is 80.1 Å². The molecule has 0 aromatic heterocycles. The maximum absolute atomic E-state index is 2.57. The average molecular weight is 299 g/mol. The second-order valence-corrected chi connectivity index (χ2v) is 7.06. The summed E-state index contributed by atoms with van der Waals surface area (Å²) in [7, 11) is 8.56. The normalized spacial score (nSPS) is 20.9. The predicted molar refractivity (Wildman–Crippen MR) is 93.1 cm³/mol. The summed E-state index contributed by atoms with van der Waals surface area (Å²) in [5.74, 6) is 0. The molecule has 2 saturated heterocycles. The number of rotatable bonds is 6. The fourth-order valence-corrected chi connectivity index (χ4v) is 2.87. The van der Waals surface area contributed by atoms with E-state index < -0.39 is 0 Å². The Balaban J connectivity index is 0.000000211. The first-order valence-electron chi connectivity index (χ1n) is 8.82. The largest absolute Gasteiger partial charge is 0.308 e. The molecule has 4 nitrogen and oxygen atoms in total. The van der Waals surface area contributed by atoms with Crippen molar-refractivity contribution in [3.05, 3.63) is 0 Å². The third-order valence-corrected chi connectivity index (χ3v) is 4.37. The van der Waals surface area contributed by atoms with Gasteiger partial charge in [0.05, 0.1) is 0 Å². The lowest BCUT2D eigenvalue weighted by Crippen LogP contribution is -2.35. The fourth-order valence-electron chi connectivity index (χ4n) is 2.87. The number of hydrogen-bond donors (Lipinski definition) is 0. The van der Waals surface area contributed by atoms with Crippen LogP contribution in [0.1, 0.15) is 32.1 Å². The lowest BCUT2D eigenvalue weighted by molar-refractivity contribution is 0.207. The van der Waals surface area contributed by atoms with Crippen LogP contribution in [-0.2, 0) is 0 Å². The second-order valence-electron chi connectivity index (χ2n) is 7.06. The van der Waals surface area contributed by atoms with Gasteiger partial charge >= 0.3 is 0 Å². The Labute approximate surface area is 133 Å². The quantitative estimate of drug-likeness (QED) is 0.739. The highest BCUT2D eigenvalue weighted by molar-refractivity contribution is 4.66. The standard InChI is InChI=1S/C9H20N2.C8H18N2/c1-10(2)8-9-11-6-4-3-5-7-11;1-9(2)7-8-10-5-3-4-6-10/h3-9H2,1-2H3;3-8H2,1-2H3. The van der Waals surface area contributed by atoms with Gasteiger partial charge in [-0.25, -0.2) is 0 Å². The maximum atomic E-state index is 2.57. The summed E-state index contributed by atoms with van der Waals surface area (Å²) in [5.41, 5.74) is 0. The number of nitrogens with zero attached hydrogens (tertiary/aromatic N) is 4. The fraction of sp³-hybridized carbons (Fsp3) is 1.00. The van der Waals surface area contributed by atoms with E-state index in [2.05, 4.69) is 47.8 Å². The third-order valence-electron chi connectivity index (χ3n) is 4.37. The minimum atomic E-state index is 1.21. The molecule has 0 spiro atoms. The Morgan fingerprint density at radius 2 is 0.905 bits per heavy atom. The monoisotopic (exact) mass is 298 g/mol. The molecule has 0 aromatic rings. The number of likely N-dealkylation sites (tertiary alicyclic amines) is 2. The van der Waals surface area contributed by atoms with Gasteiger partial charge in [0.2, 0.25) is 0 Å². The van der Waals surface area contributed by atoms with Crippen molar-refractivity contribution in [3.8, 4) is 0 Å². The molecule has 21 heavy (non-hydrogen) atoms. The minimum Gasteiger partial charge on any atom is -0.308 e. The molecular formula is C17H38N4. The van der Waals surface area contributed by atoms with Crippen molar-refractivity contribution >= 4 is 0 Å². The van der Waals surface area contributed by atoms with Crippen LogP contribution in [0.2, 0.25) is 0 Å². The van der Waals surface area contributed by atoms with Crippen molar-refractivity contribution < 1.29 is 0 Å². The first-order valence-corrected chi connectivity index (χ1v) is 8.82. The summed E-state index contributed by atoms with van der Waals surface area (Å²) in [5, 5.41) is 0. The van der Waals surface area contributed by atoms with Gasteiger partial charge in [-0.15, -0.1) is 0 Å². The molecule has 0 N–H and O–H groups in total. The lowest BCUT2D eigenvalue weighted by atomic mass is 10.1. The lowest BCUT2D eigenvalue weighted by Gasteiger charge is -2.27. The summed E-state index contributed by atoms with van der Waals surface area (Å²) in [6.07, 6.45) is 7.08. The molecule has 0 bridgehead atoms. The van der Waals surface area contributed by atoms with Crippen molar-refractivity contribution in [2.24, 2.45) is 0 Å². The molecular weight excluding hydrogens is 260 g/mol. The van der Waals surface area contributed by atoms with Gasteiger partial charge in [0.1, 0.15) is 0 Å². The molecule has 2 fully saturated rings. The number of likely N-dealkylation sites (N-methyl/N-ethyl adjacent to an activating group) is 2. The molecule has 2 aliphatic rings. The van der Waals surface area contributed by atoms with Crippen LogP contribution in [-0.4, -0.2) is 100 Å². The SMILES string of the molecule is CN(C)CCN1CCCC1.CN(C)CCN1CCCCC1. The Morgan fingerprint density at radius 1 is 0.571 bits per heavy atom. The Bertz CT molecular complexity index is 231. The van der Waals surface area contributed by atoms with E-state index in [1.807, 2.05) is 0 Å². The number of piperidine rings is 1. The van der Waals surface area contributed by atoms with Gasteiger partial charge < -0.3 is 19.6 Å². The molecule has 2 rings (SSSR count). The van der Waals surface area contributed by atoms with Crippen LogP contribution in [0.25, 0.3) is 0 Å². The molecule has 0 amide bonds. The molecule has 0 unspecified atom stereocenters. The molecule has 0 saturated carbocycles. The van der Waals surface area contributed by atoms with E-state index >= 15 is 0 Å². The third kappa shape index (κ3) is 10.2. The van der Waals surface area contributed by atoms with E-state index in [4.69, 9.17) is 0 Å². The first-order chi connectivity index (χ1) is 10.1. The highest BCUT2D eigenvalue weighted by atomic mass is 15.2. The Kier molecular flexibility index (Phi) is 10.3. The highest BCUT2D eigenvalue weighted by Gasteiger charge is 2.10.